The molecule has 0 saturated heterocycles. The molecule has 0 unspecified atom stereocenters. The van der Waals surface area contributed by atoms with Gasteiger partial charge in [-0.1, -0.05) is 26.0 Å². The highest BCUT2D eigenvalue weighted by Gasteiger charge is 2.02. The molecule has 0 aromatic rings. The fourth-order valence-electron chi connectivity index (χ4n) is 0.885. The normalized spacial score (nSPS) is 14.6. The summed E-state index contributed by atoms with van der Waals surface area (Å²) in [7, 11) is 0. The summed E-state index contributed by atoms with van der Waals surface area (Å²) < 4.78 is 12.6. The van der Waals surface area contributed by atoms with Crippen LogP contribution in [0.15, 0.2) is 23.6 Å². The van der Waals surface area contributed by atoms with Crippen molar-refractivity contribution in [2.75, 3.05) is 0 Å². The van der Waals surface area contributed by atoms with Gasteiger partial charge >= 0.3 is 0 Å². The minimum Gasteiger partial charge on any atom is -0.212 e. The van der Waals surface area contributed by atoms with Crippen LogP contribution in [0.2, 0.25) is 0 Å². The Morgan fingerprint density at radius 2 is 1.90 bits per heavy atom. The maximum atomic E-state index is 12.6. The lowest BCUT2D eigenvalue weighted by Gasteiger charge is -2.05. The molecule has 0 N–H and O–H groups in total. The zero-order valence-corrected chi connectivity index (χ0v) is 7.11. The molecule has 0 heterocycles. The van der Waals surface area contributed by atoms with E-state index in [-0.39, 0.29) is 11.7 Å². The molecule has 0 aromatic heterocycles. The van der Waals surface area contributed by atoms with Gasteiger partial charge in [0.15, 0.2) is 0 Å². The van der Waals surface area contributed by atoms with E-state index in [4.69, 9.17) is 0 Å². The van der Waals surface area contributed by atoms with Crippen LogP contribution in [0.4, 0.5) is 4.39 Å². The summed E-state index contributed by atoms with van der Waals surface area (Å²) in [6, 6.07) is 0. The van der Waals surface area contributed by atoms with Gasteiger partial charge in [0.25, 0.3) is 0 Å². The van der Waals surface area contributed by atoms with E-state index >= 15 is 0 Å². The van der Waals surface area contributed by atoms with E-state index in [2.05, 4.69) is 0 Å². The van der Waals surface area contributed by atoms with E-state index in [9.17, 15) is 4.39 Å². The van der Waals surface area contributed by atoms with Gasteiger partial charge in [0.05, 0.1) is 0 Å². The van der Waals surface area contributed by atoms with Crippen molar-refractivity contribution in [3.63, 3.8) is 0 Å². The highest BCUT2D eigenvalue weighted by Crippen LogP contribution is 2.16. The smallest absolute Gasteiger partial charge is 0.100 e. The van der Waals surface area contributed by atoms with E-state index in [1.54, 1.807) is 0 Å². The van der Waals surface area contributed by atoms with Crippen LogP contribution in [0.5, 0.6) is 0 Å². The molecule has 0 atom stereocenters. The molecule has 0 fully saturated rings. The topological polar surface area (TPSA) is 0 Å². The summed E-state index contributed by atoms with van der Waals surface area (Å²) in [6.07, 6.45) is 3.68. The van der Waals surface area contributed by atoms with Gasteiger partial charge in [-0.2, -0.15) is 0 Å². The zero-order chi connectivity index (χ0) is 8.15. The second kappa shape index (κ2) is 4.26. The van der Waals surface area contributed by atoms with Crippen LogP contribution in [0.3, 0.4) is 0 Å². The Hall–Kier alpha value is -0.590. The lowest BCUT2D eigenvalue weighted by atomic mass is 10.0. The molecule has 58 valence electrons. The molecule has 0 aliphatic heterocycles. The lowest BCUT2D eigenvalue weighted by Crippen LogP contribution is -1.91. The fourth-order valence-corrected chi connectivity index (χ4v) is 0.885. The van der Waals surface area contributed by atoms with Crippen molar-refractivity contribution in [2.24, 2.45) is 5.92 Å². The van der Waals surface area contributed by atoms with Gasteiger partial charge < -0.3 is 0 Å². The number of hydrogen-bond acceptors (Lipinski definition) is 0. The zero-order valence-electron chi connectivity index (χ0n) is 7.11. The van der Waals surface area contributed by atoms with Crippen LogP contribution in [-0.4, -0.2) is 0 Å². The first-order chi connectivity index (χ1) is 4.59. The van der Waals surface area contributed by atoms with Crippen LogP contribution in [0, 0.1) is 5.92 Å². The Kier molecular flexibility index (Phi) is 4.01. The molecule has 0 radical (unpaired) electrons. The third-order valence-corrected chi connectivity index (χ3v) is 1.37. The second-order valence-corrected chi connectivity index (χ2v) is 2.64. The molecule has 1 heteroatoms. The molecule has 0 aliphatic carbocycles. The third-order valence-electron chi connectivity index (χ3n) is 1.37. The molecule has 0 bridgehead atoms. The maximum absolute atomic E-state index is 12.6. The average molecular weight is 142 g/mol. The molecule has 0 aliphatic rings. The van der Waals surface area contributed by atoms with Crippen LogP contribution < -0.4 is 0 Å². The van der Waals surface area contributed by atoms with Crippen molar-refractivity contribution in [2.45, 2.75) is 27.7 Å². The second-order valence-electron chi connectivity index (χ2n) is 2.64. The average Bonchev–Trinajstić information content (AvgIpc) is 1.81. The molecule has 0 saturated carbocycles. The van der Waals surface area contributed by atoms with Crippen molar-refractivity contribution >= 4 is 0 Å². The van der Waals surface area contributed by atoms with Gasteiger partial charge in [-0.3, -0.25) is 0 Å². The Labute approximate surface area is 62.4 Å². The first-order valence-electron chi connectivity index (χ1n) is 3.58. The standard InChI is InChI=1S/C9H15F/c1-5-6-9(7(2)3)8(4)10/h5-7H,1-4H3/b6-5-,9-8-. The lowest BCUT2D eigenvalue weighted by molar-refractivity contribution is 0.605. The molecular formula is C9H15F. The first-order valence-corrected chi connectivity index (χ1v) is 3.58. The minimum absolute atomic E-state index is 0.0758. The van der Waals surface area contributed by atoms with E-state index in [1.807, 2.05) is 32.9 Å². The number of rotatable bonds is 2. The number of halogens is 1. The Morgan fingerprint density at radius 3 is 2.00 bits per heavy atom. The number of hydrogen-bond donors (Lipinski definition) is 0. The largest absolute Gasteiger partial charge is 0.212 e. The van der Waals surface area contributed by atoms with Crippen LogP contribution >= 0.6 is 0 Å². The van der Waals surface area contributed by atoms with Gasteiger partial charge in [0.2, 0.25) is 0 Å². The highest BCUT2D eigenvalue weighted by molar-refractivity contribution is 5.22. The first kappa shape index (κ1) is 9.41. The Morgan fingerprint density at radius 1 is 1.40 bits per heavy atom. The van der Waals surface area contributed by atoms with E-state index in [0.29, 0.717) is 0 Å². The van der Waals surface area contributed by atoms with Gasteiger partial charge in [0.1, 0.15) is 5.83 Å². The predicted octanol–water partition coefficient (Wildman–Crippen LogP) is 3.46. The summed E-state index contributed by atoms with van der Waals surface area (Å²) in [6.45, 7) is 7.36. The predicted molar refractivity (Wildman–Crippen MR) is 43.5 cm³/mol. The van der Waals surface area contributed by atoms with Crippen LogP contribution in [0.25, 0.3) is 0 Å². The molecule has 10 heavy (non-hydrogen) atoms. The van der Waals surface area contributed by atoms with Gasteiger partial charge in [-0.05, 0) is 25.3 Å². The molecule has 0 amide bonds. The Balaban J connectivity index is 4.44. The maximum Gasteiger partial charge on any atom is 0.100 e. The van der Waals surface area contributed by atoms with Crippen LogP contribution in [0.1, 0.15) is 27.7 Å². The van der Waals surface area contributed by atoms with Crippen molar-refractivity contribution in [3.8, 4) is 0 Å². The van der Waals surface area contributed by atoms with Gasteiger partial charge in [-0.25, -0.2) is 4.39 Å². The van der Waals surface area contributed by atoms with E-state index < -0.39 is 0 Å². The highest BCUT2D eigenvalue weighted by atomic mass is 19.1. The summed E-state index contributed by atoms with van der Waals surface area (Å²) in [5.41, 5.74) is 0.794. The van der Waals surface area contributed by atoms with Gasteiger partial charge in [0, 0.05) is 0 Å². The summed E-state index contributed by atoms with van der Waals surface area (Å²) in [5.74, 6) is 0.203. The minimum atomic E-state index is -0.0758. The van der Waals surface area contributed by atoms with Crippen molar-refractivity contribution in [3.05, 3.63) is 23.6 Å². The SMILES string of the molecule is C/C=C\C(=C(/C)F)C(C)C. The van der Waals surface area contributed by atoms with Crippen molar-refractivity contribution in [1.82, 2.24) is 0 Å². The van der Waals surface area contributed by atoms with E-state index in [1.165, 1.54) is 6.92 Å². The molecule has 0 nitrogen and oxygen atoms in total. The molecule has 0 rings (SSSR count). The molecule has 0 aromatic carbocycles. The number of allylic oxidation sites excluding steroid dienone is 4. The Bertz CT molecular complexity index is 148. The quantitative estimate of drug-likeness (QED) is 0.518. The summed E-state index contributed by atoms with van der Waals surface area (Å²) in [4.78, 5) is 0. The summed E-state index contributed by atoms with van der Waals surface area (Å²) in [5, 5.41) is 0. The molecule has 0 spiro atoms. The third kappa shape index (κ3) is 2.81. The van der Waals surface area contributed by atoms with Crippen molar-refractivity contribution < 1.29 is 4.39 Å². The summed E-state index contributed by atoms with van der Waals surface area (Å²) >= 11 is 0. The van der Waals surface area contributed by atoms with Crippen molar-refractivity contribution in [1.29, 1.82) is 0 Å². The molecular weight excluding hydrogens is 127 g/mol. The van der Waals surface area contributed by atoms with Crippen LogP contribution in [-0.2, 0) is 0 Å². The van der Waals surface area contributed by atoms with Gasteiger partial charge in [-0.15, -0.1) is 0 Å². The van der Waals surface area contributed by atoms with E-state index in [0.717, 1.165) is 5.57 Å². The fraction of sp³-hybridized carbons (Fsp3) is 0.556. The monoisotopic (exact) mass is 142 g/mol.